The van der Waals surface area contributed by atoms with Gasteiger partial charge in [0.1, 0.15) is 0 Å². The summed E-state index contributed by atoms with van der Waals surface area (Å²) < 4.78 is 16.3. The summed E-state index contributed by atoms with van der Waals surface area (Å²) in [5, 5.41) is 3.36. The summed E-state index contributed by atoms with van der Waals surface area (Å²) in [6, 6.07) is 5.86. The summed E-state index contributed by atoms with van der Waals surface area (Å²) >= 11 is 0. The van der Waals surface area contributed by atoms with Crippen LogP contribution in [0.4, 0.5) is 0 Å². The van der Waals surface area contributed by atoms with Crippen LogP contribution in [0.1, 0.15) is 31.7 Å². The number of esters is 1. The standard InChI is InChI=1S/C18H27NO4/c1-3-22-18(20)7-5-14-4-6-16(17(12-14)21-2)23-13-15-8-10-19-11-9-15/h4,6,12,15,19H,3,5,7-11,13H2,1-2H3. The normalized spacial score (nSPS) is 15.2. The van der Waals surface area contributed by atoms with Crippen molar-refractivity contribution in [1.82, 2.24) is 5.32 Å². The molecular formula is C18H27NO4. The van der Waals surface area contributed by atoms with E-state index in [1.165, 1.54) is 0 Å². The number of benzene rings is 1. The van der Waals surface area contributed by atoms with Crippen molar-refractivity contribution in [1.29, 1.82) is 0 Å². The van der Waals surface area contributed by atoms with Gasteiger partial charge < -0.3 is 19.5 Å². The fraction of sp³-hybridized carbons (Fsp3) is 0.611. The summed E-state index contributed by atoms with van der Waals surface area (Å²) in [5.74, 6) is 1.92. The molecule has 1 aliphatic rings. The molecule has 0 aliphatic carbocycles. The van der Waals surface area contributed by atoms with Crippen LogP contribution in [0, 0.1) is 5.92 Å². The number of nitrogens with one attached hydrogen (secondary N) is 1. The average Bonchev–Trinajstić information content (AvgIpc) is 2.59. The molecule has 0 amide bonds. The summed E-state index contributed by atoms with van der Waals surface area (Å²) in [6.07, 6.45) is 3.33. The molecule has 0 saturated carbocycles. The Morgan fingerprint density at radius 3 is 2.74 bits per heavy atom. The van der Waals surface area contributed by atoms with E-state index in [1.54, 1.807) is 7.11 Å². The second-order valence-electron chi connectivity index (χ2n) is 5.79. The lowest BCUT2D eigenvalue weighted by Crippen LogP contribution is -2.30. The van der Waals surface area contributed by atoms with Gasteiger partial charge in [0.15, 0.2) is 11.5 Å². The van der Waals surface area contributed by atoms with Crippen LogP contribution in [0.15, 0.2) is 18.2 Å². The Labute approximate surface area is 138 Å². The number of ether oxygens (including phenoxy) is 3. The van der Waals surface area contributed by atoms with Crippen LogP contribution >= 0.6 is 0 Å². The molecule has 1 fully saturated rings. The first-order chi connectivity index (χ1) is 11.2. The molecule has 1 aromatic rings. The second kappa shape index (κ2) is 9.40. The highest BCUT2D eigenvalue weighted by atomic mass is 16.5. The SMILES string of the molecule is CCOC(=O)CCc1ccc(OCC2CCNCC2)c(OC)c1. The van der Waals surface area contributed by atoms with Crippen LogP contribution in [0.25, 0.3) is 0 Å². The molecule has 23 heavy (non-hydrogen) atoms. The van der Waals surface area contributed by atoms with Crippen molar-refractivity contribution in [2.24, 2.45) is 5.92 Å². The Morgan fingerprint density at radius 1 is 1.26 bits per heavy atom. The van der Waals surface area contributed by atoms with Gasteiger partial charge in [0.2, 0.25) is 0 Å². The number of methoxy groups -OCH3 is 1. The smallest absolute Gasteiger partial charge is 0.306 e. The third-order valence-electron chi connectivity index (χ3n) is 4.08. The highest BCUT2D eigenvalue weighted by Gasteiger charge is 2.15. The van der Waals surface area contributed by atoms with Crippen LogP contribution in [0.5, 0.6) is 11.5 Å². The number of hydrogen-bond donors (Lipinski definition) is 1. The van der Waals surface area contributed by atoms with Gasteiger partial charge in [0.25, 0.3) is 0 Å². The maximum Gasteiger partial charge on any atom is 0.306 e. The second-order valence-corrected chi connectivity index (χ2v) is 5.79. The predicted molar refractivity (Wildman–Crippen MR) is 89.0 cm³/mol. The van der Waals surface area contributed by atoms with E-state index in [1.807, 2.05) is 25.1 Å². The van der Waals surface area contributed by atoms with E-state index in [-0.39, 0.29) is 5.97 Å². The van der Waals surface area contributed by atoms with Crippen LogP contribution in [-0.4, -0.2) is 39.4 Å². The zero-order valence-electron chi connectivity index (χ0n) is 14.1. The Kier molecular flexibility index (Phi) is 7.20. The minimum absolute atomic E-state index is 0.169. The van der Waals surface area contributed by atoms with Crippen LogP contribution < -0.4 is 14.8 Å². The Balaban J connectivity index is 1.89. The van der Waals surface area contributed by atoms with E-state index in [2.05, 4.69) is 5.32 Å². The Hall–Kier alpha value is -1.75. The molecule has 128 valence electrons. The minimum Gasteiger partial charge on any atom is -0.493 e. The van der Waals surface area contributed by atoms with E-state index in [9.17, 15) is 4.79 Å². The van der Waals surface area contributed by atoms with Crippen molar-refractivity contribution in [2.45, 2.75) is 32.6 Å². The lowest BCUT2D eigenvalue weighted by atomic mass is 9.99. The zero-order chi connectivity index (χ0) is 16.5. The molecule has 1 N–H and O–H groups in total. The fourth-order valence-electron chi connectivity index (χ4n) is 2.72. The van der Waals surface area contributed by atoms with Crippen molar-refractivity contribution in [3.05, 3.63) is 23.8 Å². The molecule has 0 spiro atoms. The molecule has 0 aromatic heterocycles. The van der Waals surface area contributed by atoms with Crippen molar-refractivity contribution >= 4 is 5.97 Å². The van der Waals surface area contributed by atoms with Gasteiger partial charge >= 0.3 is 5.97 Å². The van der Waals surface area contributed by atoms with Gasteiger partial charge in [-0.3, -0.25) is 4.79 Å². The average molecular weight is 321 g/mol. The third kappa shape index (κ3) is 5.75. The minimum atomic E-state index is -0.169. The molecule has 1 saturated heterocycles. The number of carbonyl (C=O) groups excluding carboxylic acids is 1. The Bertz CT molecular complexity index is 498. The van der Waals surface area contributed by atoms with E-state index in [0.29, 0.717) is 25.4 Å². The molecule has 1 aliphatic heterocycles. The zero-order valence-corrected chi connectivity index (χ0v) is 14.1. The number of piperidine rings is 1. The molecule has 2 rings (SSSR count). The lowest BCUT2D eigenvalue weighted by Gasteiger charge is -2.23. The van der Waals surface area contributed by atoms with Gasteiger partial charge in [-0.15, -0.1) is 0 Å². The molecule has 1 aromatic carbocycles. The molecule has 0 bridgehead atoms. The predicted octanol–water partition coefficient (Wildman–Crippen LogP) is 2.57. The summed E-state index contributed by atoms with van der Waals surface area (Å²) in [5.41, 5.74) is 1.05. The van der Waals surface area contributed by atoms with Crippen LogP contribution in [-0.2, 0) is 16.0 Å². The number of rotatable bonds is 8. The maximum atomic E-state index is 11.4. The number of aryl methyl sites for hydroxylation is 1. The topological polar surface area (TPSA) is 56.8 Å². The highest BCUT2D eigenvalue weighted by molar-refractivity contribution is 5.69. The molecule has 0 radical (unpaired) electrons. The monoisotopic (exact) mass is 321 g/mol. The fourth-order valence-corrected chi connectivity index (χ4v) is 2.72. The van der Waals surface area contributed by atoms with Crippen molar-refractivity contribution < 1.29 is 19.0 Å². The quantitative estimate of drug-likeness (QED) is 0.746. The van der Waals surface area contributed by atoms with Gasteiger partial charge in [-0.2, -0.15) is 0 Å². The van der Waals surface area contributed by atoms with Crippen molar-refractivity contribution in [2.75, 3.05) is 33.4 Å². The van der Waals surface area contributed by atoms with Gasteiger partial charge in [-0.05, 0) is 62.9 Å². The molecule has 0 atom stereocenters. The van der Waals surface area contributed by atoms with Gasteiger partial charge in [0, 0.05) is 6.42 Å². The van der Waals surface area contributed by atoms with E-state index >= 15 is 0 Å². The maximum absolute atomic E-state index is 11.4. The van der Waals surface area contributed by atoms with E-state index < -0.39 is 0 Å². The number of carbonyl (C=O) groups is 1. The summed E-state index contributed by atoms with van der Waals surface area (Å²) in [4.78, 5) is 11.4. The molecular weight excluding hydrogens is 294 g/mol. The summed E-state index contributed by atoms with van der Waals surface area (Å²) in [6.45, 7) is 5.09. The highest BCUT2D eigenvalue weighted by Crippen LogP contribution is 2.29. The third-order valence-corrected chi connectivity index (χ3v) is 4.08. The van der Waals surface area contributed by atoms with Crippen molar-refractivity contribution in [3.63, 3.8) is 0 Å². The van der Waals surface area contributed by atoms with Gasteiger partial charge in [-0.25, -0.2) is 0 Å². The van der Waals surface area contributed by atoms with Crippen LogP contribution in [0.2, 0.25) is 0 Å². The molecule has 5 nitrogen and oxygen atoms in total. The van der Waals surface area contributed by atoms with Crippen LogP contribution in [0.3, 0.4) is 0 Å². The van der Waals surface area contributed by atoms with Crippen molar-refractivity contribution in [3.8, 4) is 11.5 Å². The van der Waals surface area contributed by atoms with E-state index in [4.69, 9.17) is 14.2 Å². The molecule has 0 unspecified atom stereocenters. The number of hydrogen-bond acceptors (Lipinski definition) is 5. The lowest BCUT2D eigenvalue weighted by molar-refractivity contribution is -0.143. The first-order valence-corrected chi connectivity index (χ1v) is 8.39. The summed E-state index contributed by atoms with van der Waals surface area (Å²) in [7, 11) is 1.64. The first kappa shape index (κ1) is 17.6. The largest absolute Gasteiger partial charge is 0.493 e. The van der Waals surface area contributed by atoms with Gasteiger partial charge in [-0.1, -0.05) is 6.07 Å². The van der Waals surface area contributed by atoms with E-state index in [0.717, 1.165) is 49.6 Å². The first-order valence-electron chi connectivity index (χ1n) is 8.39. The van der Waals surface area contributed by atoms with Gasteiger partial charge in [0.05, 0.1) is 20.3 Å². The Morgan fingerprint density at radius 2 is 2.04 bits per heavy atom. The molecule has 1 heterocycles. The molecule has 5 heteroatoms.